The van der Waals surface area contributed by atoms with Gasteiger partial charge in [-0.15, -0.1) is 0 Å². The van der Waals surface area contributed by atoms with Crippen LogP contribution in [0.1, 0.15) is 10.4 Å². The second kappa shape index (κ2) is 5.01. The van der Waals surface area contributed by atoms with Crippen LogP contribution in [0.3, 0.4) is 0 Å². The Morgan fingerprint density at radius 3 is 2.72 bits per heavy atom. The first-order valence-electron chi connectivity index (χ1n) is 4.92. The Bertz CT molecular complexity index is 603. The van der Waals surface area contributed by atoms with Crippen LogP contribution in [0.5, 0.6) is 11.6 Å². The number of amides is 1. The van der Waals surface area contributed by atoms with Crippen LogP contribution in [0.25, 0.3) is 0 Å². The Hall–Kier alpha value is -2.15. The van der Waals surface area contributed by atoms with Crippen LogP contribution in [-0.4, -0.2) is 15.9 Å². The number of halogens is 1. The number of anilines is 1. The summed E-state index contributed by atoms with van der Waals surface area (Å²) in [5, 5.41) is 0. The van der Waals surface area contributed by atoms with E-state index >= 15 is 0 Å². The van der Waals surface area contributed by atoms with Gasteiger partial charge in [0.2, 0.25) is 5.88 Å². The molecule has 0 saturated heterocycles. The molecule has 1 aromatic carbocycles. The number of nitrogen functional groups attached to an aromatic ring is 1. The van der Waals surface area contributed by atoms with Gasteiger partial charge in [-0.05, 0) is 28.1 Å². The summed E-state index contributed by atoms with van der Waals surface area (Å²) in [5.74, 6) is 0.195. The Labute approximate surface area is 111 Å². The molecule has 0 radical (unpaired) electrons. The molecule has 0 saturated carbocycles. The number of nitrogens with zero attached hydrogens (tertiary/aromatic N) is 2. The number of ether oxygens (including phenoxy) is 1. The van der Waals surface area contributed by atoms with Gasteiger partial charge in [-0.25, -0.2) is 9.97 Å². The molecule has 0 aliphatic heterocycles. The highest BCUT2D eigenvalue weighted by molar-refractivity contribution is 9.10. The molecule has 0 fully saturated rings. The Morgan fingerprint density at radius 1 is 1.28 bits per heavy atom. The second-order valence-corrected chi connectivity index (χ2v) is 4.13. The lowest BCUT2D eigenvalue weighted by Gasteiger charge is -2.09. The number of nitrogens with two attached hydrogens (primary N) is 2. The molecule has 0 aliphatic rings. The van der Waals surface area contributed by atoms with Gasteiger partial charge in [0.1, 0.15) is 22.4 Å². The van der Waals surface area contributed by atoms with E-state index in [1.54, 1.807) is 24.3 Å². The molecule has 6 nitrogen and oxygen atoms in total. The number of hydrogen-bond acceptors (Lipinski definition) is 5. The van der Waals surface area contributed by atoms with Crippen LogP contribution in [0.15, 0.2) is 35.1 Å². The van der Waals surface area contributed by atoms with E-state index in [9.17, 15) is 4.79 Å². The lowest BCUT2D eigenvalue weighted by atomic mass is 10.2. The second-order valence-electron chi connectivity index (χ2n) is 3.34. The Morgan fingerprint density at radius 2 is 2.00 bits per heavy atom. The average Bonchev–Trinajstić information content (AvgIpc) is 2.35. The minimum absolute atomic E-state index is 0.219. The zero-order valence-corrected chi connectivity index (χ0v) is 10.7. The number of carbonyl (C=O) groups is 1. The molecule has 0 spiro atoms. The van der Waals surface area contributed by atoms with Crippen LogP contribution in [-0.2, 0) is 0 Å². The van der Waals surface area contributed by atoms with E-state index in [1.807, 2.05) is 0 Å². The average molecular weight is 309 g/mol. The van der Waals surface area contributed by atoms with Gasteiger partial charge in [0.05, 0.1) is 5.56 Å². The smallest absolute Gasteiger partial charge is 0.252 e. The van der Waals surface area contributed by atoms with Crippen molar-refractivity contribution in [1.82, 2.24) is 9.97 Å². The zero-order valence-electron chi connectivity index (χ0n) is 9.13. The summed E-state index contributed by atoms with van der Waals surface area (Å²) in [7, 11) is 0. The lowest BCUT2D eigenvalue weighted by molar-refractivity contribution is 0.0998. The maximum absolute atomic E-state index is 11.2. The summed E-state index contributed by atoms with van der Waals surface area (Å²) in [4.78, 5) is 18.9. The quantitative estimate of drug-likeness (QED) is 0.898. The number of hydrogen-bond donors (Lipinski definition) is 2. The molecule has 1 amide bonds. The number of benzene rings is 1. The van der Waals surface area contributed by atoms with Crippen LogP contribution in [0, 0.1) is 0 Å². The van der Waals surface area contributed by atoms with Crippen molar-refractivity contribution in [3.05, 3.63) is 40.6 Å². The minimum Gasteiger partial charge on any atom is -0.437 e. The third-order valence-corrected chi connectivity index (χ3v) is 2.89. The van der Waals surface area contributed by atoms with Crippen LogP contribution in [0.2, 0.25) is 0 Å². The Balaban J connectivity index is 2.40. The number of aromatic nitrogens is 2. The molecule has 0 atom stereocenters. The molecule has 18 heavy (non-hydrogen) atoms. The van der Waals surface area contributed by atoms with Crippen molar-refractivity contribution in [2.75, 3.05) is 5.73 Å². The molecule has 2 aromatic rings. The molecule has 92 valence electrons. The van der Waals surface area contributed by atoms with E-state index in [1.165, 1.54) is 6.33 Å². The summed E-state index contributed by atoms with van der Waals surface area (Å²) >= 11 is 3.21. The van der Waals surface area contributed by atoms with Gasteiger partial charge in [0, 0.05) is 0 Å². The number of para-hydroxylation sites is 1. The Kier molecular flexibility index (Phi) is 3.42. The molecule has 7 heteroatoms. The summed E-state index contributed by atoms with van der Waals surface area (Å²) in [5.41, 5.74) is 11.1. The third-order valence-electron chi connectivity index (χ3n) is 2.14. The highest BCUT2D eigenvalue weighted by Crippen LogP contribution is 2.31. The molecule has 0 unspecified atom stereocenters. The van der Waals surface area contributed by atoms with Crippen LogP contribution < -0.4 is 16.2 Å². The van der Waals surface area contributed by atoms with Crippen LogP contribution >= 0.6 is 15.9 Å². The molecule has 1 aromatic heterocycles. The van der Waals surface area contributed by atoms with Gasteiger partial charge >= 0.3 is 0 Å². The van der Waals surface area contributed by atoms with Crippen molar-refractivity contribution >= 4 is 27.7 Å². The van der Waals surface area contributed by atoms with Crippen molar-refractivity contribution in [3.63, 3.8) is 0 Å². The van der Waals surface area contributed by atoms with E-state index in [2.05, 4.69) is 25.9 Å². The predicted molar refractivity (Wildman–Crippen MR) is 69.2 cm³/mol. The fraction of sp³-hybridized carbons (Fsp3) is 0. The third kappa shape index (κ3) is 2.40. The van der Waals surface area contributed by atoms with Crippen molar-refractivity contribution < 1.29 is 9.53 Å². The van der Waals surface area contributed by atoms with E-state index in [0.29, 0.717) is 10.2 Å². The monoisotopic (exact) mass is 308 g/mol. The van der Waals surface area contributed by atoms with Gasteiger partial charge in [-0.3, -0.25) is 4.79 Å². The number of carbonyl (C=O) groups excluding carboxylic acids is 1. The molecule has 1 heterocycles. The van der Waals surface area contributed by atoms with Gasteiger partial charge in [-0.1, -0.05) is 12.1 Å². The van der Waals surface area contributed by atoms with E-state index in [-0.39, 0.29) is 17.3 Å². The van der Waals surface area contributed by atoms with E-state index < -0.39 is 5.91 Å². The summed E-state index contributed by atoms with van der Waals surface area (Å²) in [6.45, 7) is 0. The zero-order chi connectivity index (χ0) is 13.1. The van der Waals surface area contributed by atoms with Crippen molar-refractivity contribution in [3.8, 4) is 11.6 Å². The summed E-state index contributed by atoms with van der Waals surface area (Å²) in [6, 6.07) is 6.59. The lowest BCUT2D eigenvalue weighted by Crippen LogP contribution is -2.12. The SMILES string of the molecule is NC(=O)c1ccccc1Oc1ncnc(N)c1Br. The van der Waals surface area contributed by atoms with Crippen molar-refractivity contribution in [1.29, 1.82) is 0 Å². The first-order valence-corrected chi connectivity index (χ1v) is 5.71. The van der Waals surface area contributed by atoms with Gasteiger partial charge in [-0.2, -0.15) is 0 Å². The molecular formula is C11H9BrN4O2. The first-order chi connectivity index (χ1) is 8.59. The maximum Gasteiger partial charge on any atom is 0.252 e. The molecule has 0 bridgehead atoms. The first kappa shape index (κ1) is 12.3. The highest BCUT2D eigenvalue weighted by atomic mass is 79.9. The normalized spacial score (nSPS) is 10.1. The molecule has 2 rings (SSSR count). The molecular weight excluding hydrogens is 300 g/mol. The van der Waals surface area contributed by atoms with Crippen LogP contribution in [0.4, 0.5) is 5.82 Å². The highest BCUT2D eigenvalue weighted by Gasteiger charge is 2.13. The fourth-order valence-electron chi connectivity index (χ4n) is 1.30. The van der Waals surface area contributed by atoms with Gasteiger partial charge < -0.3 is 16.2 Å². The van der Waals surface area contributed by atoms with Crippen molar-refractivity contribution in [2.45, 2.75) is 0 Å². The largest absolute Gasteiger partial charge is 0.437 e. The van der Waals surface area contributed by atoms with E-state index in [0.717, 1.165) is 0 Å². The predicted octanol–water partition coefficient (Wildman–Crippen LogP) is 1.71. The topological polar surface area (TPSA) is 104 Å². The summed E-state index contributed by atoms with van der Waals surface area (Å²) < 4.78 is 5.92. The van der Waals surface area contributed by atoms with Gasteiger partial charge in [0.25, 0.3) is 5.91 Å². The van der Waals surface area contributed by atoms with Gasteiger partial charge in [0.15, 0.2) is 0 Å². The molecule has 4 N–H and O–H groups in total. The standard InChI is InChI=1S/C11H9BrN4O2/c12-8-9(13)15-5-16-11(8)18-7-4-2-1-3-6(7)10(14)17/h1-5H,(H2,14,17)(H2,13,15,16). The number of primary amides is 1. The fourth-order valence-corrected chi connectivity index (χ4v) is 1.59. The van der Waals surface area contributed by atoms with Crippen molar-refractivity contribution in [2.24, 2.45) is 5.73 Å². The molecule has 0 aliphatic carbocycles. The number of rotatable bonds is 3. The summed E-state index contributed by atoms with van der Waals surface area (Å²) in [6.07, 6.45) is 1.27. The van der Waals surface area contributed by atoms with E-state index in [4.69, 9.17) is 16.2 Å². The maximum atomic E-state index is 11.2. The minimum atomic E-state index is -0.580.